The Kier molecular flexibility index (Phi) is 3.57. The molecular weight excluding hydrogens is 300 g/mol. The molecule has 0 bridgehead atoms. The Morgan fingerprint density at radius 1 is 1.39 bits per heavy atom. The third-order valence-electron chi connectivity index (χ3n) is 2.30. The zero-order valence-corrected chi connectivity index (χ0v) is 11.0. The summed E-state index contributed by atoms with van der Waals surface area (Å²) in [7, 11) is 1.56. The number of benzene rings is 1. The summed E-state index contributed by atoms with van der Waals surface area (Å²) in [5.41, 5.74) is 1.14. The average Bonchev–Trinajstić information content (AvgIpc) is 2.39. The van der Waals surface area contributed by atoms with Crippen LogP contribution in [0.2, 0.25) is 0 Å². The number of aromatic nitrogens is 2. The van der Waals surface area contributed by atoms with Crippen molar-refractivity contribution in [3.8, 4) is 17.0 Å². The van der Waals surface area contributed by atoms with Crippen molar-refractivity contribution < 1.29 is 14.6 Å². The first-order chi connectivity index (χ1) is 8.61. The maximum atomic E-state index is 10.8. The van der Waals surface area contributed by atoms with Gasteiger partial charge in [-0.1, -0.05) is 6.07 Å². The Hall–Kier alpha value is -1.95. The normalized spacial score (nSPS) is 10.1. The zero-order chi connectivity index (χ0) is 13.1. The summed E-state index contributed by atoms with van der Waals surface area (Å²) in [5.74, 6) is -0.455. The van der Waals surface area contributed by atoms with E-state index in [0.717, 1.165) is 10.0 Å². The Labute approximate surface area is 112 Å². The van der Waals surface area contributed by atoms with E-state index in [1.165, 1.54) is 12.4 Å². The van der Waals surface area contributed by atoms with Gasteiger partial charge >= 0.3 is 5.97 Å². The molecule has 1 N–H and O–H groups in total. The van der Waals surface area contributed by atoms with Crippen LogP contribution in [0, 0.1) is 0 Å². The second kappa shape index (κ2) is 5.14. The lowest BCUT2D eigenvalue weighted by Crippen LogP contribution is -2.02. The molecule has 1 aromatic heterocycles. The van der Waals surface area contributed by atoms with Crippen LogP contribution in [0.25, 0.3) is 11.3 Å². The lowest BCUT2D eigenvalue weighted by Gasteiger charge is -2.06. The Bertz CT molecular complexity index is 602. The molecule has 0 fully saturated rings. The third-order valence-corrected chi connectivity index (χ3v) is 2.96. The average molecular weight is 309 g/mol. The van der Waals surface area contributed by atoms with Crippen LogP contribution in [-0.4, -0.2) is 28.2 Å². The number of nitrogens with zero attached hydrogens (tertiary/aromatic N) is 2. The summed E-state index contributed by atoms with van der Waals surface area (Å²) in [4.78, 5) is 18.7. The van der Waals surface area contributed by atoms with Crippen LogP contribution in [0.5, 0.6) is 5.75 Å². The fourth-order valence-electron chi connectivity index (χ4n) is 1.43. The van der Waals surface area contributed by atoms with Gasteiger partial charge in [0.15, 0.2) is 5.69 Å². The monoisotopic (exact) mass is 308 g/mol. The summed E-state index contributed by atoms with van der Waals surface area (Å²) in [6.45, 7) is 0. The molecule has 0 spiro atoms. The van der Waals surface area contributed by atoms with E-state index in [4.69, 9.17) is 9.84 Å². The molecule has 6 heteroatoms. The zero-order valence-electron chi connectivity index (χ0n) is 9.42. The van der Waals surface area contributed by atoms with Gasteiger partial charge in [0.2, 0.25) is 0 Å². The van der Waals surface area contributed by atoms with E-state index in [9.17, 15) is 4.79 Å². The molecule has 0 aliphatic heterocycles. The molecule has 1 heterocycles. The molecule has 2 aromatic rings. The van der Waals surface area contributed by atoms with Crippen LogP contribution < -0.4 is 4.74 Å². The SMILES string of the molecule is COc1cc(-c2cncc(C(=O)O)n2)ccc1Br. The van der Waals surface area contributed by atoms with E-state index in [-0.39, 0.29) is 5.69 Å². The molecule has 0 atom stereocenters. The Balaban J connectivity index is 2.48. The van der Waals surface area contributed by atoms with Gasteiger partial charge in [0.1, 0.15) is 5.75 Å². The lowest BCUT2D eigenvalue weighted by atomic mass is 10.1. The number of carbonyl (C=O) groups is 1. The van der Waals surface area contributed by atoms with Gasteiger partial charge < -0.3 is 9.84 Å². The largest absolute Gasteiger partial charge is 0.496 e. The second-order valence-electron chi connectivity index (χ2n) is 3.44. The first kappa shape index (κ1) is 12.5. The second-order valence-corrected chi connectivity index (χ2v) is 4.30. The number of carboxylic acid groups (broad SMARTS) is 1. The summed E-state index contributed by atoms with van der Waals surface area (Å²) >= 11 is 3.35. The molecule has 2 rings (SSSR count). The van der Waals surface area contributed by atoms with Crippen molar-refractivity contribution in [1.29, 1.82) is 0 Å². The Morgan fingerprint density at radius 3 is 2.83 bits per heavy atom. The predicted molar refractivity (Wildman–Crippen MR) is 68.7 cm³/mol. The van der Waals surface area contributed by atoms with Crippen LogP contribution in [0.15, 0.2) is 35.1 Å². The predicted octanol–water partition coefficient (Wildman–Crippen LogP) is 2.61. The number of hydrogen-bond donors (Lipinski definition) is 1. The van der Waals surface area contributed by atoms with Crippen molar-refractivity contribution in [2.24, 2.45) is 0 Å². The molecule has 5 nitrogen and oxygen atoms in total. The fraction of sp³-hybridized carbons (Fsp3) is 0.0833. The van der Waals surface area contributed by atoms with Crippen LogP contribution >= 0.6 is 15.9 Å². The minimum absolute atomic E-state index is 0.0885. The molecule has 0 radical (unpaired) electrons. The minimum atomic E-state index is -1.10. The quantitative estimate of drug-likeness (QED) is 0.943. The number of carboxylic acids is 1. The summed E-state index contributed by atoms with van der Waals surface area (Å²) in [5, 5.41) is 8.87. The number of aromatic carboxylic acids is 1. The van der Waals surface area contributed by atoms with Gasteiger partial charge in [-0.25, -0.2) is 9.78 Å². The van der Waals surface area contributed by atoms with E-state index in [2.05, 4.69) is 25.9 Å². The maximum absolute atomic E-state index is 10.8. The molecule has 0 aliphatic carbocycles. The minimum Gasteiger partial charge on any atom is -0.496 e. The first-order valence-electron chi connectivity index (χ1n) is 5.01. The van der Waals surface area contributed by atoms with Crippen molar-refractivity contribution in [2.45, 2.75) is 0 Å². The van der Waals surface area contributed by atoms with Crippen molar-refractivity contribution in [2.75, 3.05) is 7.11 Å². The van der Waals surface area contributed by atoms with E-state index in [1.807, 2.05) is 12.1 Å². The number of halogens is 1. The standard InChI is InChI=1S/C12H9BrN2O3/c1-18-11-4-7(2-3-8(11)13)9-5-14-6-10(15-9)12(16)17/h2-6H,1H3,(H,16,17). The molecule has 0 amide bonds. The molecule has 18 heavy (non-hydrogen) atoms. The van der Waals surface area contributed by atoms with Gasteiger partial charge in [-0.05, 0) is 28.1 Å². The summed E-state index contributed by atoms with van der Waals surface area (Å²) in [6.07, 6.45) is 2.72. The maximum Gasteiger partial charge on any atom is 0.356 e. The molecular formula is C12H9BrN2O3. The molecule has 0 saturated heterocycles. The third kappa shape index (κ3) is 2.48. The van der Waals surface area contributed by atoms with Crippen LogP contribution in [-0.2, 0) is 0 Å². The van der Waals surface area contributed by atoms with Gasteiger partial charge in [-0.2, -0.15) is 0 Å². The fourth-order valence-corrected chi connectivity index (χ4v) is 1.84. The van der Waals surface area contributed by atoms with Gasteiger partial charge in [-0.15, -0.1) is 0 Å². The van der Waals surface area contributed by atoms with Crippen LogP contribution in [0.3, 0.4) is 0 Å². The molecule has 0 aliphatic rings. The molecule has 0 saturated carbocycles. The number of methoxy groups -OCH3 is 1. The van der Waals surface area contributed by atoms with E-state index >= 15 is 0 Å². The van der Waals surface area contributed by atoms with Crippen molar-refractivity contribution in [3.63, 3.8) is 0 Å². The van der Waals surface area contributed by atoms with Gasteiger partial charge in [0.25, 0.3) is 0 Å². The summed E-state index contributed by atoms with van der Waals surface area (Å²) in [6, 6.07) is 5.38. The highest BCUT2D eigenvalue weighted by Gasteiger charge is 2.09. The smallest absolute Gasteiger partial charge is 0.356 e. The Morgan fingerprint density at radius 2 is 2.17 bits per heavy atom. The molecule has 0 unspecified atom stereocenters. The van der Waals surface area contributed by atoms with Crippen LogP contribution in [0.4, 0.5) is 0 Å². The van der Waals surface area contributed by atoms with E-state index in [0.29, 0.717) is 11.4 Å². The highest BCUT2D eigenvalue weighted by Crippen LogP contribution is 2.29. The van der Waals surface area contributed by atoms with Gasteiger partial charge in [0.05, 0.1) is 29.7 Å². The van der Waals surface area contributed by atoms with E-state index < -0.39 is 5.97 Å². The lowest BCUT2D eigenvalue weighted by molar-refractivity contribution is 0.0690. The molecule has 1 aromatic carbocycles. The highest BCUT2D eigenvalue weighted by atomic mass is 79.9. The number of hydrogen-bond acceptors (Lipinski definition) is 4. The topological polar surface area (TPSA) is 72.3 Å². The van der Waals surface area contributed by atoms with Gasteiger partial charge in [0, 0.05) is 5.56 Å². The first-order valence-corrected chi connectivity index (χ1v) is 5.80. The van der Waals surface area contributed by atoms with Crippen molar-refractivity contribution >= 4 is 21.9 Å². The number of ether oxygens (including phenoxy) is 1. The van der Waals surface area contributed by atoms with E-state index in [1.54, 1.807) is 13.2 Å². The summed E-state index contributed by atoms with van der Waals surface area (Å²) < 4.78 is 5.99. The van der Waals surface area contributed by atoms with Crippen molar-refractivity contribution in [1.82, 2.24) is 9.97 Å². The van der Waals surface area contributed by atoms with Crippen molar-refractivity contribution in [3.05, 3.63) is 40.8 Å². The van der Waals surface area contributed by atoms with Gasteiger partial charge in [-0.3, -0.25) is 4.98 Å². The number of rotatable bonds is 3. The molecule has 92 valence electrons. The van der Waals surface area contributed by atoms with Crippen LogP contribution in [0.1, 0.15) is 10.5 Å². The highest BCUT2D eigenvalue weighted by molar-refractivity contribution is 9.10.